The number of thioether (sulfide) groups is 1. The van der Waals surface area contributed by atoms with E-state index in [9.17, 15) is 0 Å². The molecule has 0 aliphatic heterocycles. The third-order valence-electron chi connectivity index (χ3n) is 3.01. The lowest BCUT2D eigenvalue weighted by molar-refractivity contribution is 0.363. The van der Waals surface area contributed by atoms with Gasteiger partial charge in [0.05, 0.1) is 5.69 Å². The average Bonchev–Trinajstić information content (AvgIpc) is 2.83. The Morgan fingerprint density at radius 2 is 1.85 bits per heavy atom. The van der Waals surface area contributed by atoms with Crippen molar-refractivity contribution in [2.45, 2.75) is 44.1 Å². The maximum Gasteiger partial charge on any atom is 0.214 e. The van der Waals surface area contributed by atoms with Gasteiger partial charge in [0, 0.05) is 11.3 Å². The van der Waals surface area contributed by atoms with Crippen molar-refractivity contribution in [3.05, 3.63) is 30.3 Å². The van der Waals surface area contributed by atoms with Crippen LogP contribution in [0.3, 0.4) is 0 Å². The second-order valence-electron chi connectivity index (χ2n) is 5.97. The Kier molecular flexibility index (Phi) is 4.45. The van der Waals surface area contributed by atoms with Gasteiger partial charge in [0.1, 0.15) is 0 Å². The zero-order valence-corrected chi connectivity index (χ0v) is 13.1. The molecular weight excluding hydrogens is 270 g/mol. The van der Waals surface area contributed by atoms with Crippen LogP contribution in [0.2, 0.25) is 0 Å². The van der Waals surface area contributed by atoms with Gasteiger partial charge < -0.3 is 5.73 Å². The van der Waals surface area contributed by atoms with Gasteiger partial charge in [-0.3, -0.25) is 0 Å². The summed E-state index contributed by atoms with van der Waals surface area (Å²) in [4.78, 5) is 0. The maximum absolute atomic E-state index is 6.13. The highest BCUT2D eigenvalue weighted by molar-refractivity contribution is 7.99. The summed E-state index contributed by atoms with van der Waals surface area (Å²) >= 11 is 1.63. The van der Waals surface area contributed by atoms with Crippen LogP contribution in [0.15, 0.2) is 35.5 Å². The summed E-state index contributed by atoms with van der Waals surface area (Å²) in [5.74, 6) is 0. The summed E-state index contributed by atoms with van der Waals surface area (Å²) < 4.78 is 1.76. The number of para-hydroxylation sites is 1. The molecule has 1 aromatic heterocycles. The molecule has 0 spiro atoms. The van der Waals surface area contributed by atoms with E-state index in [1.807, 2.05) is 37.3 Å². The smallest absolute Gasteiger partial charge is 0.214 e. The van der Waals surface area contributed by atoms with Crippen molar-refractivity contribution in [2.75, 3.05) is 0 Å². The minimum Gasteiger partial charge on any atom is -0.327 e. The van der Waals surface area contributed by atoms with Gasteiger partial charge in [-0.25, -0.2) is 0 Å². The van der Waals surface area contributed by atoms with Crippen LogP contribution in [0.1, 0.15) is 27.7 Å². The molecule has 0 fully saturated rings. The second kappa shape index (κ2) is 5.93. The number of aromatic nitrogens is 4. The van der Waals surface area contributed by atoms with Gasteiger partial charge in [-0.1, -0.05) is 50.7 Å². The highest BCUT2D eigenvalue weighted by Crippen LogP contribution is 2.36. The van der Waals surface area contributed by atoms with E-state index in [4.69, 9.17) is 5.73 Å². The van der Waals surface area contributed by atoms with Gasteiger partial charge in [0.2, 0.25) is 5.16 Å². The van der Waals surface area contributed by atoms with Crippen LogP contribution in [-0.2, 0) is 0 Å². The lowest BCUT2D eigenvalue weighted by Crippen LogP contribution is -2.39. The Morgan fingerprint density at radius 3 is 2.40 bits per heavy atom. The average molecular weight is 291 g/mol. The van der Waals surface area contributed by atoms with E-state index in [1.165, 1.54) is 0 Å². The van der Waals surface area contributed by atoms with Crippen LogP contribution in [-0.4, -0.2) is 31.5 Å². The summed E-state index contributed by atoms with van der Waals surface area (Å²) in [6, 6.07) is 9.94. The largest absolute Gasteiger partial charge is 0.327 e. The van der Waals surface area contributed by atoms with Crippen molar-refractivity contribution < 1.29 is 0 Å². The van der Waals surface area contributed by atoms with Gasteiger partial charge in [-0.05, 0) is 34.9 Å². The third-order valence-corrected chi connectivity index (χ3v) is 4.86. The van der Waals surface area contributed by atoms with E-state index in [2.05, 4.69) is 36.3 Å². The lowest BCUT2D eigenvalue weighted by Gasteiger charge is -2.32. The Labute approximate surface area is 123 Å². The summed E-state index contributed by atoms with van der Waals surface area (Å²) in [6.07, 6.45) is 0. The highest BCUT2D eigenvalue weighted by Gasteiger charge is 2.30. The van der Waals surface area contributed by atoms with E-state index >= 15 is 0 Å². The Morgan fingerprint density at radius 1 is 1.20 bits per heavy atom. The van der Waals surface area contributed by atoms with Crippen molar-refractivity contribution in [2.24, 2.45) is 11.1 Å². The molecule has 0 amide bonds. The van der Waals surface area contributed by atoms with E-state index in [1.54, 1.807) is 16.4 Å². The molecule has 2 rings (SSSR count). The van der Waals surface area contributed by atoms with Crippen LogP contribution in [0.4, 0.5) is 0 Å². The molecule has 0 aliphatic carbocycles. The molecular formula is C14H21N5S. The minimum atomic E-state index is 0.0564. The van der Waals surface area contributed by atoms with Crippen molar-refractivity contribution in [1.29, 1.82) is 0 Å². The van der Waals surface area contributed by atoms with Crippen LogP contribution in [0.25, 0.3) is 5.69 Å². The first kappa shape index (κ1) is 15.0. The number of hydrogen-bond donors (Lipinski definition) is 1. The topological polar surface area (TPSA) is 69.6 Å². The fourth-order valence-electron chi connectivity index (χ4n) is 2.17. The van der Waals surface area contributed by atoms with Gasteiger partial charge in [0.15, 0.2) is 0 Å². The van der Waals surface area contributed by atoms with Gasteiger partial charge in [-0.15, -0.1) is 5.10 Å². The molecule has 0 saturated heterocycles. The van der Waals surface area contributed by atoms with Crippen molar-refractivity contribution >= 4 is 11.8 Å². The van der Waals surface area contributed by atoms with E-state index < -0.39 is 0 Å². The SMILES string of the molecule is CC(N)C(Sc1nnnn1-c1ccccc1)C(C)(C)C. The summed E-state index contributed by atoms with van der Waals surface area (Å²) in [5.41, 5.74) is 7.16. The molecule has 108 valence electrons. The van der Waals surface area contributed by atoms with E-state index in [0.29, 0.717) is 0 Å². The van der Waals surface area contributed by atoms with E-state index in [0.717, 1.165) is 10.8 Å². The number of benzene rings is 1. The normalized spacial score (nSPS) is 15.1. The lowest BCUT2D eigenvalue weighted by atomic mass is 9.88. The highest BCUT2D eigenvalue weighted by atomic mass is 32.2. The fraction of sp³-hybridized carbons (Fsp3) is 0.500. The zero-order valence-electron chi connectivity index (χ0n) is 12.3. The summed E-state index contributed by atoms with van der Waals surface area (Å²) in [6.45, 7) is 8.58. The number of nitrogens with zero attached hydrogens (tertiary/aromatic N) is 4. The van der Waals surface area contributed by atoms with Crippen molar-refractivity contribution in [1.82, 2.24) is 20.2 Å². The first-order valence-corrected chi connectivity index (χ1v) is 7.53. The van der Waals surface area contributed by atoms with Gasteiger partial charge in [0.25, 0.3) is 0 Å². The molecule has 0 aliphatic rings. The van der Waals surface area contributed by atoms with Crippen LogP contribution in [0, 0.1) is 5.41 Å². The minimum absolute atomic E-state index is 0.0564. The number of hydrogen-bond acceptors (Lipinski definition) is 5. The van der Waals surface area contributed by atoms with Gasteiger partial charge >= 0.3 is 0 Å². The molecule has 5 nitrogen and oxygen atoms in total. The van der Waals surface area contributed by atoms with Crippen molar-refractivity contribution in [3.63, 3.8) is 0 Å². The molecule has 2 unspecified atom stereocenters. The first-order valence-electron chi connectivity index (χ1n) is 6.65. The molecule has 6 heteroatoms. The number of tetrazole rings is 1. The monoisotopic (exact) mass is 291 g/mol. The number of nitrogens with two attached hydrogens (primary N) is 1. The van der Waals surface area contributed by atoms with Crippen LogP contribution < -0.4 is 5.73 Å². The maximum atomic E-state index is 6.13. The van der Waals surface area contributed by atoms with Gasteiger partial charge in [-0.2, -0.15) is 4.68 Å². The zero-order chi connectivity index (χ0) is 14.8. The quantitative estimate of drug-likeness (QED) is 0.877. The molecule has 20 heavy (non-hydrogen) atoms. The summed E-state index contributed by atoms with van der Waals surface area (Å²) in [5, 5.41) is 13.0. The molecule has 2 atom stereocenters. The first-order chi connectivity index (χ1) is 9.39. The molecule has 0 saturated carbocycles. The fourth-order valence-corrected chi connectivity index (χ4v) is 3.29. The molecule has 1 heterocycles. The summed E-state index contributed by atoms with van der Waals surface area (Å²) in [7, 11) is 0. The molecule has 0 radical (unpaired) electrons. The third kappa shape index (κ3) is 3.37. The molecule has 2 N–H and O–H groups in total. The molecule has 2 aromatic rings. The van der Waals surface area contributed by atoms with Crippen LogP contribution >= 0.6 is 11.8 Å². The number of rotatable bonds is 4. The van der Waals surface area contributed by atoms with Crippen LogP contribution in [0.5, 0.6) is 0 Å². The molecule has 0 bridgehead atoms. The molecule has 1 aromatic carbocycles. The Bertz CT molecular complexity index is 544. The standard InChI is InChI=1S/C14H21N5S/c1-10(15)12(14(2,3)4)20-13-16-17-18-19(13)11-8-6-5-7-9-11/h5-10,12H,15H2,1-4H3. The predicted molar refractivity (Wildman–Crippen MR) is 81.9 cm³/mol. The predicted octanol–water partition coefficient (Wildman–Crippen LogP) is 2.52. The van der Waals surface area contributed by atoms with E-state index in [-0.39, 0.29) is 16.7 Å². The van der Waals surface area contributed by atoms with Crippen molar-refractivity contribution in [3.8, 4) is 5.69 Å². The Hall–Kier alpha value is -1.40. The second-order valence-corrected chi connectivity index (χ2v) is 7.08. The Balaban J connectivity index is 2.29.